The first-order valence-corrected chi connectivity index (χ1v) is 6.97. The second-order valence-corrected chi connectivity index (χ2v) is 5.17. The van der Waals surface area contributed by atoms with E-state index in [1.54, 1.807) is 14.2 Å². The minimum atomic E-state index is 0.866. The molecule has 0 saturated heterocycles. The maximum atomic E-state index is 5.23. The monoisotopic (exact) mass is 320 g/mol. The van der Waals surface area contributed by atoms with Crippen molar-refractivity contribution in [3.63, 3.8) is 0 Å². The van der Waals surface area contributed by atoms with Crippen LogP contribution in [0.3, 0.4) is 0 Å². The van der Waals surface area contributed by atoms with Gasteiger partial charge in [0.2, 0.25) is 0 Å². The second kappa shape index (κ2) is 6.62. The Bertz CT molecular complexity index is 552. The zero-order valence-electron chi connectivity index (χ0n) is 11.2. The number of halogens is 1. The highest BCUT2D eigenvalue weighted by Gasteiger charge is 2.02. The van der Waals surface area contributed by atoms with Gasteiger partial charge < -0.3 is 9.47 Å². The molecule has 19 heavy (non-hydrogen) atoms. The molecule has 3 heteroatoms. The summed E-state index contributed by atoms with van der Waals surface area (Å²) in [7, 11) is 3.37. The van der Waals surface area contributed by atoms with Crippen molar-refractivity contribution in [3.05, 3.63) is 58.1 Å². The van der Waals surface area contributed by atoms with Crippen LogP contribution in [0.5, 0.6) is 11.5 Å². The highest BCUT2D eigenvalue weighted by molar-refractivity contribution is 9.10. The van der Waals surface area contributed by atoms with Crippen LogP contribution in [-0.2, 0) is 12.8 Å². The van der Waals surface area contributed by atoms with E-state index in [4.69, 9.17) is 9.47 Å². The molecular weight excluding hydrogens is 304 g/mol. The van der Waals surface area contributed by atoms with E-state index in [-0.39, 0.29) is 0 Å². The second-order valence-electron chi connectivity index (χ2n) is 4.32. The summed E-state index contributed by atoms with van der Waals surface area (Å²) >= 11 is 3.51. The minimum Gasteiger partial charge on any atom is -0.497 e. The number of rotatable bonds is 5. The Kier molecular flexibility index (Phi) is 4.86. The van der Waals surface area contributed by atoms with Crippen LogP contribution in [0.15, 0.2) is 46.9 Å². The molecule has 100 valence electrons. The number of hydrogen-bond acceptors (Lipinski definition) is 2. The molecule has 0 atom stereocenters. The van der Waals surface area contributed by atoms with Gasteiger partial charge in [0.15, 0.2) is 0 Å². The van der Waals surface area contributed by atoms with Gasteiger partial charge in [-0.05, 0) is 64.2 Å². The van der Waals surface area contributed by atoms with Crippen molar-refractivity contribution in [1.29, 1.82) is 0 Å². The van der Waals surface area contributed by atoms with E-state index in [1.165, 1.54) is 11.1 Å². The summed E-state index contributed by atoms with van der Waals surface area (Å²) in [6.45, 7) is 0. The quantitative estimate of drug-likeness (QED) is 0.819. The normalized spacial score (nSPS) is 10.3. The molecule has 0 saturated carbocycles. The average molecular weight is 321 g/mol. The lowest BCUT2D eigenvalue weighted by Crippen LogP contribution is -1.93. The molecule has 0 N–H and O–H groups in total. The summed E-state index contributed by atoms with van der Waals surface area (Å²) in [5.41, 5.74) is 2.57. The van der Waals surface area contributed by atoms with Gasteiger partial charge in [0, 0.05) is 0 Å². The van der Waals surface area contributed by atoms with Gasteiger partial charge in [-0.3, -0.25) is 0 Å². The lowest BCUT2D eigenvalue weighted by atomic mass is 10.0. The molecule has 0 bridgehead atoms. The molecular formula is C16H17BrO2. The molecule has 0 amide bonds. The first kappa shape index (κ1) is 13.9. The molecule has 0 aliphatic heterocycles. The van der Waals surface area contributed by atoms with E-state index in [0.717, 1.165) is 28.8 Å². The molecule has 2 aromatic carbocycles. The van der Waals surface area contributed by atoms with E-state index < -0.39 is 0 Å². The van der Waals surface area contributed by atoms with Crippen LogP contribution in [0, 0.1) is 0 Å². The number of aryl methyl sites for hydroxylation is 2. The molecule has 0 heterocycles. The molecule has 0 aliphatic rings. The molecule has 0 aliphatic carbocycles. The molecule has 2 nitrogen and oxygen atoms in total. The molecule has 0 aromatic heterocycles. The summed E-state index contributed by atoms with van der Waals surface area (Å²) in [5.74, 6) is 1.78. The Labute approximate surface area is 122 Å². The van der Waals surface area contributed by atoms with Gasteiger partial charge in [0.25, 0.3) is 0 Å². The molecule has 0 radical (unpaired) electrons. The lowest BCUT2D eigenvalue weighted by molar-refractivity contribution is 0.412. The van der Waals surface area contributed by atoms with Crippen molar-refractivity contribution >= 4 is 15.9 Å². The molecule has 2 aromatic rings. The molecule has 0 unspecified atom stereocenters. The SMILES string of the molecule is COc1cccc(CCc2ccc(OC)c(Br)c2)c1. The Morgan fingerprint density at radius 3 is 2.26 bits per heavy atom. The van der Waals surface area contributed by atoms with Crippen LogP contribution < -0.4 is 9.47 Å². The van der Waals surface area contributed by atoms with Crippen molar-refractivity contribution < 1.29 is 9.47 Å². The van der Waals surface area contributed by atoms with Gasteiger partial charge in [-0.15, -0.1) is 0 Å². The predicted molar refractivity (Wildman–Crippen MR) is 81.1 cm³/mol. The zero-order chi connectivity index (χ0) is 13.7. The standard InChI is InChI=1S/C16H17BrO2/c1-18-14-5-3-4-12(10-14)6-7-13-8-9-16(19-2)15(17)11-13/h3-5,8-11H,6-7H2,1-2H3. The zero-order valence-corrected chi connectivity index (χ0v) is 12.7. The van der Waals surface area contributed by atoms with Gasteiger partial charge in [0.1, 0.15) is 11.5 Å². The largest absolute Gasteiger partial charge is 0.497 e. The van der Waals surface area contributed by atoms with Crippen molar-refractivity contribution in [2.24, 2.45) is 0 Å². The maximum Gasteiger partial charge on any atom is 0.133 e. The third-order valence-corrected chi connectivity index (χ3v) is 3.67. The number of benzene rings is 2. The summed E-state index contributed by atoms with van der Waals surface area (Å²) in [5, 5.41) is 0. The van der Waals surface area contributed by atoms with Crippen LogP contribution in [0.4, 0.5) is 0 Å². The summed E-state index contributed by atoms with van der Waals surface area (Å²) in [6, 6.07) is 14.4. The number of hydrogen-bond donors (Lipinski definition) is 0. The Hall–Kier alpha value is -1.48. The Morgan fingerprint density at radius 2 is 1.63 bits per heavy atom. The van der Waals surface area contributed by atoms with Crippen LogP contribution in [-0.4, -0.2) is 14.2 Å². The van der Waals surface area contributed by atoms with E-state index >= 15 is 0 Å². The van der Waals surface area contributed by atoms with E-state index in [9.17, 15) is 0 Å². The van der Waals surface area contributed by atoms with E-state index in [1.807, 2.05) is 18.2 Å². The lowest BCUT2D eigenvalue weighted by Gasteiger charge is -2.07. The minimum absolute atomic E-state index is 0.866. The summed E-state index contributed by atoms with van der Waals surface area (Å²) < 4.78 is 11.5. The molecule has 0 spiro atoms. The third-order valence-electron chi connectivity index (χ3n) is 3.05. The van der Waals surface area contributed by atoms with Crippen LogP contribution in [0.25, 0.3) is 0 Å². The van der Waals surface area contributed by atoms with Crippen LogP contribution >= 0.6 is 15.9 Å². The van der Waals surface area contributed by atoms with Gasteiger partial charge >= 0.3 is 0 Å². The highest BCUT2D eigenvalue weighted by Crippen LogP contribution is 2.26. The van der Waals surface area contributed by atoms with Gasteiger partial charge in [0.05, 0.1) is 18.7 Å². The fourth-order valence-corrected chi connectivity index (χ4v) is 2.57. The smallest absolute Gasteiger partial charge is 0.133 e. The summed E-state index contributed by atoms with van der Waals surface area (Å²) in [6.07, 6.45) is 1.99. The van der Waals surface area contributed by atoms with Crippen LogP contribution in [0.2, 0.25) is 0 Å². The van der Waals surface area contributed by atoms with Gasteiger partial charge in [-0.25, -0.2) is 0 Å². The molecule has 0 fully saturated rings. The molecule has 2 rings (SSSR count). The fraction of sp³-hybridized carbons (Fsp3) is 0.250. The van der Waals surface area contributed by atoms with Crippen LogP contribution in [0.1, 0.15) is 11.1 Å². The first-order valence-electron chi connectivity index (χ1n) is 6.18. The Morgan fingerprint density at radius 1 is 0.895 bits per heavy atom. The number of ether oxygens (including phenoxy) is 2. The predicted octanol–water partition coefficient (Wildman–Crippen LogP) is 4.25. The average Bonchev–Trinajstić information content (AvgIpc) is 2.45. The Balaban J connectivity index is 2.03. The van der Waals surface area contributed by atoms with Crippen molar-refractivity contribution in [1.82, 2.24) is 0 Å². The van der Waals surface area contributed by atoms with Crippen molar-refractivity contribution in [2.75, 3.05) is 14.2 Å². The number of methoxy groups -OCH3 is 2. The topological polar surface area (TPSA) is 18.5 Å². The van der Waals surface area contributed by atoms with Crippen molar-refractivity contribution in [3.8, 4) is 11.5 Å². The van der Waals surface area contributed by atoms with E-state index in [2.05, 4.69) is 40.2 Å². The first-order chi connectivity index (χ1) is 9.22. The highest BCUT2D eigenvalue weighted by atomic mass is 79.9. The summed E-state index contributed by atoms with van der Waals surface area (Å²) in [4.78, 5) is 0. The third kappa shape index (κ3) is 3.74. The van der Waals surface area contributed by atoms with Crippen molar-refractivity contribution in [2.45, 2.75) is 12.8 Å². The maximum absolute atomic E-state index is 5.23. The van der Waals surface area contributed by atoms with E-state index in [0.29, 0.717) is 0 Å². The fourth-order valence-electron chi connectivity index (χ4n) is 1.98. The van der Waals surface area contributed by atoms with Gasteiger partial charge in [-0.2, -0.15) is 0 Å². The van der Waals surface area contributed by atoms with Gasteiger partial charge in [-0.1, -0.05) is 18.2 Å².